The standard InChI is InChI=1S/C20H24N6O2/c1-28-16-8-6-14(7-9-16)12-24-10-11-25-17(13-24)21-19-18(20(25)27)22-23-26(19)15-4-2-3-5-15/h6-9,15H,2-5,10-13H2,1H3. The van der Waals surface area contributed by atoms with Gasteiger partial charge in [-0.3, -0.25) is 14.3 Å². The number of fused-ring (bicyclic) bond motifs is 2. The summed E-state index contributed by atoms with van der Waals surface area (Å²) in [7, 11) is 1.67. The molecule has 0 radical (unpaired) electrons. The molecule has 0 unspecified atom stereocenters. The van der Waals surface area contributed by atoms with Crippen LogP contribution in [0.25, 0.3) is 11.2 Å². The number of hydrogen-bond donors (Lipinski definition) is 0. The molecular weight excluding hydrogens is 356 g/mol. The fraction of sp³-hybridized carbons (Fsp3) is 0.500. The van der Waals surface area contributed by atoms with Gasteiger partial charge in [-0.25, -0.2) is 9.67 Å². The number of ether oxygens (including phenoxy) is 1. The van der Waals surface area contributed by atoms with Crippen LogP contribution in [0.1, 0.15) is 43.1 Å². The van der Waals surface area contributed by atoms with Crippen molar-refractivity contribution < 1.29 is 4.74 Å². The molecule has 1 aliphatic carbocycles. The third kappa shape index (κ3) is 2.97. The Labute approximate surface area is 162 Å². The zero-order chi connectivity index (χ0) is 19.1. The molecule has 8 heteroatoms. The first-order valence-corrected chi connectivity index (χ1v) is 9.93. The SMILES string of the molecule is COc1ccc(CN2CCn3c(nc4c(nnn4C4CCCC4)c3=O)C2)cc1. The van der Waals surface area contributed by atoms with Crippen LogP contribution in [0.2, 0.25) is 0 Å². The van der Waals surface area contributed by atoms with E-state index in [1.165, 1.54) is 18.4 Å². The van der Waals surface area contributed by atoms with Crippen molar-refractivity contribution in [1.82, 2.24) is 29.4 Å². The Morgan fingerprint density at radius 2 is 1.93 bits per heavy atom. The molecule has 0 amide bonds. The molecule has 3 aromatic rings. The van der Waals surface area contributed by atoms with Crippen molar-refractivity contribution >= 4 is 11.2 Å². The number of hydrogen-bond acceptors (Lipinski definition) is 6. The van der Waals surface area contributed by atoms with E-state index in [-0.39, 0.29) is 5.56 Å². The zero-order valence-corrected chi connectivity index (χ0v) is 16.0. The lowest BCUT2D eigenvalue weighted by molar-refractivity contribution is 0.204. The van der Waals surface area contributed by atoms with Gasteiger partial charge < -0.3 is 4.74 Å². The van der Waals surface area contributed by atoms with Gasteiger partial charge >= 0.3 is 0 Å². The van der Waals surface area contributed by atoms with Gasteiger partial charge in [0.15, 0.2) is 11.2 Å². The summed E-state index contributed by atoms with van der Waals surface area (Å²) in [5.74, 6) is 1.66. The minimum atomic E-state index is -0.0617. The zero-order valence-electron chi connectivity index (χ0n) is 16.0. The molecule has 5 rings (SSSR count). The monoisotopic (exact) mass is 380 g/mol. The van der Waals surface area contributed by atoms with Gasteiger partial charge in [0.05, 0.1) is 19.7 Å². The Kier molecular flexibility index (Phi) is 4.35. The van der Waals surface area contributed by atoms with E-state index in [9.17, 15) is 4.79 Å². The van der Waals surface area contributed by atoms with Gasteiger partial charge in [0.2, 0.25) is 0 Å². The number of benzene rings is 1. The highest BCUT2D eigenvalue weighted by atomic mass is 16.5. The van der Waals surface area contributed by atoms with Crippen LogP contribution in [0.15, 0.2) is 29.1 Å². The second-order valence-corrected chi connectivity index (χ2v) is 7.69. The largest absolute Gasteiger partial charge is 0.497 e. The molecular formula is C20H24N6O2. The lowest BCUT2D eigenvalue weighted by Gasteiger charge is -2.29. The average molecular weight is 380 g/mol. The topological polar surface area (TPSA) is 78.1 Å². The van der Waals surface area contributed by atoms with Gasteiger partial charge in [-0.2, -0.15) is 0 Å². The van der Waals surface area contributed by atoms with E-state index >= 15 is 0 Å². The lowest BCUT2D eigenvalue weighted by Crippen LogP contribution is -2.39. The second-order valence-electron chi connectivity index (χ2n) is 7.69. The van der Waals surface area contributed by atoms with Gasteiger partial charge in [0.25, 0.3) is 5.56 Å². The molecule has 146 valence electrons. The molecule has 0 atom stereocenters. The van der Waals surface area contributed by atoms with Crippen LogP contribution in [-0.2, 0) is 19.6 Å². The van der Waals surface area contributed by atoms with Crippen molar-refractivity contribution in [2.24, 2.45) is 0 Å². The van der Waals surface area contributed by atoms with Crippen LogP contribution < -0.4 is 10.3 Å². The summed E-state index contributed by atoms with van der Waals surface area (Å²) >= 11 is 0. The van der Waals surface area contributed by atoms with E-state index < -0.39 is 0 Å². The predicted octanol–water partition coefficient (Wildman–Crippen LogP) is 2.13. The Bertz CT molecular complexity index is 1050. The smallest absolute Gasteiger partial charge is 0.283 e. The molecule has 1 fully saturated rings. The quantitative estimate of drug-likeness (QED) is 0.690. The first-order chi connectivity index (χ1) is 13.7. The molecule has 1 saturated carbocycles. The molecule has 28 heavy (non-hydrogen) atoms. The first kappa shape index (κ1) is 17.4. The van der Waals surface area contributed by atoms with Crippen molar-refractivity contribution in [1.29, 1.82) is 0 Å². The molecule has 2 aliphatic rings. The summed E-state index contributed by atoms with van der Waals surface area (Å²) in [6.45, 7) is 2.90. The number of aromatic nitrogens is 5. The summed E-state index contributed by atoms with van der Waals surface area (Å²) in [5.41, 5.74) is 2.21. The summed E-state index contributed by atoms with van der Waals surface area (Å²) in [6, 6.07) is 8.43. The molecule has 8 nitrogen and oxygen atoms in total. The maximum absolute atomic E-state index is 12.9. The van der Waals surface area contributed by atoms with Gasteiger partial charge in [0.1, 0.15) is 11.6 Å². The lowest BCUT2D eigenvalue weighted by atomic mass is 10.2. The maximum Gasteiger partial charge on any atom is 0.283 e. The van der Waals surface area contributed by atoms with Crippen molar-refractivity contribution in [3.63, 3.8) is 0 Å². The van der Waals surface area contributed by atoms with E-state index in [2.05, 4.69) is 27.3 Å². The Morgan fingerprint density at radius 3 is 2.68 bits per heavy atom. The molecule has 0 bridgehead atoms. The maximum atomic E-state index is 12.9. The average Bonchev–Trinajstić information content (AvgIpc) is 3.38. The van der Waals surface area contributed by atoms with Crippen molar-refractivity contribution in [3.05, 3.63) is 46.0 Å². The van der Waals surface area contributed by atoms with Crippen molar-refractivity contribution in [2.75, 3.05) is 13.7 Å². The fourth-order valence-electron chi connectivity index (χ4n) is 4.35. The Balaban J connectivity index is 1.43. The van der Waals surface area contributed by atoms with E-state index in [1.54, 1.807) is 11.7 Å². The first-order valence-electron chi connectivity index (χ1n) is 9.93. The molecule has 1 aliphatic heterocycles. The van der Waals surface area contributed by atoms with Crippen molar-refractivity contribution in [2.45, 2.75) is 51.4 Å². The van der Waals surface area contributed by atoms with Crippen molar-refractivity contribution in [3.8, 4) is 5.75 Å². The second kappa shape index (κ2) is 7.01. The molecule has 1 aromatic carbocycles. The number of methoxy groups -OCH3 is 1. The minimum Gasteiger partial charge on any atom is -0.497 e. The van der Waals surface area contributed by atoms with E-state index in [1.807, 2.05) is 16.8 Å². The summed E-state index contributed by atoms with van der Waals surface area (Å²) < 4.78 is 8.88. The number of nitrogens with zero attached hydrogens (tertiary/aromatic N) is 6. The highest BCUT2D eigenvalue weighted by Gasteiger charge is 2.26. The summed E-state index contributed by atoms with van der Waals surface area (Å²) in [4.78, 5) is 20.1. The third-order valence-corrected chi connectivity index (χ3v) is 5.90. The van der Waals surface area contributed by atoms with Crippen LogP contribution in [0.5, 0.6) is 5.75 Å². The van der Waals surface area contributed by atoms with Crippen LogP contribution in [-0.4, -0.2) is 43.1 Å². The summed E-state index contributed by atoms with van der Waals surface area (Å²) in [5, 5.41) is 8.44. The predicted molar refractivity (Wildman–Crippen MR) is 104 cm³/mol. The highest BCUT2D eigenvalue weighted by molar-refractivity contribution is 5.68. The third-order valence-electron chi connectivity index (χ3n) is 5.90. The van der Waals surface area contributed by atoms with Gasteiger partial charge in [-0.05, 0) is 30.5 Å². The number of rotatable bonds is 4. The molecule has 2 aromatic heterocycles. The Morgan fingerprint density at radius 1 is 1.14 bits per heavy atom. The van der Waals surface area contributed by atoms with Gasteiger partial charge in [-0.15, -0.1) is 5.10 Å². The van der Waals surface area contributed by atoms with Crippen LogP contribution in [0, 0.1) is 0 Å². The van der Waals surface area contributed by atoms with Crippen LogP contribution in [0.3, 0.4) is 0 Å². The molecule has 0 N–H and O–H groups in total. The normalized spacial score (nSPS) is 17.9. The van der Waals surface area contributed by atoms with Gasteiger partial charge in [0, 0.05) is 19.6 Å². The summed E-state index contributed by atoms with van der Waals surface area (Å²) in [6.07, 6.45) is 4.57. The molecule has 0 saturated heterocycles. The molecule has 3 heterocycles. The van der Waals surface area contributed by atoms with Crippen LogP contribution in [0.4, 0.5) is 0 Å². The van der Waals surface area contributed by atoms with Crippen LogP contribution >= 0.6 is 0 Å². The van der Waals surface area contributed by atoms with E-state index in [4.69, 9.17) is 9.72 Å². The van der Waals surface area contributed by atoms with Gasteiger partial charge in [-0.1, -0.05) is 30.2 Å². The minimum absolute atomic E-state index is 0.0617. The Hall–Kier alpha value is -2.74. The fourth-order valence-corrected chi connectivity index (χ4v) is 4.35. The highest BCUT2D eigenvalue weighted by Crippen LogP contribution is 2.30. The van der Waals surface area contributed by atoms with E-state index in [0.29, 0.717) is 30.3 Å². The molecule has 0 spiro atoms. The van der Waals surface area contributed by atoms with E-state index in [0.717, 1.165) is 37.5 Å².